The van der Waals surface area contributed by atoms with Crippen molar-refractivity contribution < 1.29 is 4.79 Å². The number of amides is 1. The van der Waals surface area contributed by atoms with Crippen LogP contribution >= 0.6 is 11.6 Å². The molecule has 6 heteroatoms. The molecule has 1 aliphatic rings. The molecule has 0 radical (unpaired) electrons. The van der Waals surface area contributed by atoms with Gasteiger partial charge in [0.25, 0.3) is 5.91 Å². The highest BCUT2D eigenvalue weighted by Gasteiger charge is 2.34. The van der Waals surface area contributed by atoms with E-state index in [1.54, 1.807) is 5.01 Å². The molecule has 0 saturated carbocycles. The number of hydrogen-bond donors (Lipinski definition) is 1. The van der Waals surface area contributed by atoms with Crippen molar-refractivity contribution in [1.29, 1.82) is 0 Å². The lowest BCUT2D eigenvalue weighted by Gasteiger charge is -2.23. The molecule has 1 amide bonds. The van der Waals surface area contributed by atoms with E-state index in [1.807, 2.05) is 110 Å². The molecule has 0 bridgehead atoms. The Morgan fingerprint density at radius 2 is 1.58 bits per heavy atom. The van der Waals surface area contributed by atoms with Crippen LogP contribution in [0.1, 0.15) is 39.5 Å². The van der Waals surface area contributed by atoms with E-state index >= 15 is 0 Å². The van der Waals surface area contributed by atoms with Crippen LogP contribution in [-0.2, 0) is 0 Å². The first-order valence-electron chi connectivity index (χ1n) is 12.5. The van der Waals surface area contributed by atoms with Gasteiger partial charge in [-0.05, 0) is 54.4 Å². The molecule has 0 saturated heterocycles. The summed E-state index contributed by atoms with van der Waals surface area (Å²) in [7, 11) is 0. The maximum atomic E-state index is 14.3. The minimum Gasteiger partial charge on any atom is -0.399 e. The highest BCUT2D eigenvalue weighted by Crippen LogP contribution is 2.36. The number of aromatic nitrogens is 1. The summed E-state index contributed by atoms with van der Waals surface area (Å²) in [5.74, 6) is -0.178. The van der Waals surface area contributed by atoms with Crippen molar-refractivity contribution in [2.24, 2.45) is 5.10 Å². The summed E-state index contributed by atoms with van der Waals surface area (Å²) in [6.07, 6.45) is 0.575. The third kappa shape index (κ3) is 4.53. The van der Waals surface area contributed by atoms with E-state index in [4.69, 9.17) is 27.4 Å². The maximum absolute atomic E-state index is 14.3. The summed E-state index contributed by atoms with van der Waals surface area (Å²) >= 11 is 6.18. The minimum atomic E-state index is -0.276. The van der Waals surface area contributed by atoms with Crippen LogP contribution in [0.4, 0.5) is 5.69 Å². The van der Waals surface area contributed by atoms with Gasteiger partial charge < -0.3 is 5.73 Å². The van der Waals surface area contributed by atoms with E-state index in [1.165, 1.54) is 5.56 Å². The molecule has 1 unspecified atom stereocenters. The molecule has 0 aliphatic carbocycles. The second kappa shape index (κ2) is 9.77. The number of rotatable bonds is 4. The van der Waals surface area contributed by atoms with Crippen LogP contribution in [0.3, 0.4) is 0 Å². The fourth-order valence-corrected chi connectivity index (χ4v) is 4.97. The fraction of sp³-hybridized carbons (Fsp3) is 0.0938. The Kier molecular flexibility index (Phi) is 6.14. The highest BCUT2D eigenvalue weighted by molar-refractivity contribution is 6.30. The molecule has 2 N–H and O–H groups in total. The van der Waals surface area contributed by atoms with Crippen molar-refractivity contribution in [3.63, 3.8) is 0 Å². The number of carbonyl (C=O) groups is 1. The number of aryl methyl sites for hydroxylation is 1. The number of nitrogens with two attached hydrogens (primary N) is 1. The summed E-state index contributed by atoms with van der Waals surface area (Å²) in [4.78, 5) is 19.2. The van der Waals surface area contributed by atoms with E-state index in [-0.39, 0.29) is 11.9 Å². The number of halogens is 1. The predicted molar refractivity (Wildman–Crippen MR) is 154 cm³/mol. The number of nitrogen functional groups attached to an aromatic ring is 1. The minimum absolute atomic E-state index is 0.178. The quantitative estimate of drug-likeness (QED) is 0.252. The van der Waals surface area contributed by atoms with Gasteiger partial charge in [0.2, 0.25) is 0 Å². The molecule has 6 rings (SSSR count). The molecule has 5 aromatic rings. The van der Waals surface area contributed by atoms with E-state index in [0.29, 0.717) is 22.7 Å². The summed E-state index contributed by atoms with van der Waals surface area (Å²) in [5.41, 5.74) is 13.5. The second-order valence-corrected chi connectivity index (χ2v) is 9.96. The van der Waals surface area contributed by atoms with Crippen LogP contribution < -0.4 is 5.73 Å². The third-order valence-corrected chi connectivity index (χ3v) is 7.16. The maximum Gasteiger partial charge on any atom is 0.275 e. The number of fused-ring (bicyclic) bond motifs is 1. The summed E-state index contributed by atoms with van der Waals surface area (Å²) in [6, 6.07) is 32.7. The molecule has 5 nitrogen and oxygen atoms in total. The lowest BCUT2D eigenvalue weighted by molar-refractivity contribution is 0.0713. The van der Waals surface area contributed by atoms with Crippen molar-refractivity contribution >= 4 is 39.8 Å². The first-order chi connectivity index (χ1) is 18.5. The van der Waals surface area contributed by atoms with Gasteiger partial charge in [-0.25, -0.2) is 9.99 Å². The number of carbonyl (C=O) groups excluding carboxylic acids is 1. The predicted octanol–water partition coefficient (Wildman–Crippen LogP) is 7.44. The molecule has 186 valence electrons. The number of nitrogens with zero attached hydrogens (tertiary/aromatic N) is 3. The number of anilines is 1. The Hall–Kier alpha value is -4.48. The zero-order chi connectivity index (χ0) is 26.2. The first kappa shape index (κ1) is 23.9. The average Bonchev–Trinajstić information content (AvgIpc) is 3.39. The lowest BCUT2D eigenvalue weighted by Crippen LogP contribution is -2.27. The van der Waals surface area contributed by atoms with Crippen molar-refractivity contribution in [2.45, 2.75) is 19.4 Å². The molecule has 4 aromatic carbocycles. The van der Waals surface area contributed by atoms with Crippen molar-refractivity contribution in [1.82, 2.24) is 9.99 Å². The van der Waals surface area contributed by atoms with E-state index in [9.17, 15) is 4.79 Å². The Morgan fingerprint density at radius 1 is 0.895 bits per heavy atom. The summed E-state index contributed by atoms with van der Waals surface area (Å²) in [6.45, 7) is 2.05. The fourth-order valence-electron chi connectivity index (χ4n) is 4.84. The number of hydrogen-bond acceptors (Lipinski definition) is 4. The zero-order valence-corrected chi connectivity index (χ0v) is 21.6. The number of pyridine rings is 1. The Morgan fingerprint density at radius 3 is 2.32 bits per heavy atom. The molecule has 0 spiro atoms. The molecular formula is C32H25ClN4O. The first-order valence-corrected chi connectivity index (χ1v) is 12.8. The molecule has 0 fully saturated rings. The largest absolute Gasteiger partial charge is 0.399 e. The molecule has 2 heterocycles. The van der Waals surface area contributed by atoms with Crippen molar-refractivity contribution in [3.8, 4) is 11.3 Å². The number of benzene rings is 4. The van der Waals surface area contributed by atoms with Gasteiger partial charge in [0, 0.05) is 28.1 Å². The standard InChI is InChI=1S/C32H25ClN4O/c1-20-6-8-21(9-7-20)29-18-27(26-4-2-3-5-28(26)35-29)32(38)37-31(23-10-14-24(33)15-11-23)19-30(36-37)22-12-16-25(34)17-13-22/h2-18,31H,19,34H2,1H3. The van der Waals surface area contributed by atoms with E-state index in [0.717, 1.165) is 39.0 Å². The van der Waals surface area contributed by atoms with Gasteiger partial charge in [0.15, 0.2) is 0 Å². The van der Waals surface area contributed by atoms with Gasteiger partial charge in [0.1, 0.15) is 0 Å². The van der Waals surface area contributed by atoms with Crippen LogP contribution in [0.25, 0.3) is 22.2 Å². The second-order valence-electron chi connectivity index (χ2n) is 9.53. The molecule has 1 aromatic heterocycles. The average molecular weight is 517 g/mol. The Bertz CT molecular complexity index is 1680. The Labute approximate surface area is 226 Å². The topological polar surface area (TPSA) is 71.6 Å². The summed E-state index contributed by atoms with van der Waals surface area (Å²) < 4.78 is 0. The van der Waals surface area contributed by atoms with Gasteiger partial charge in [-0.3, -0.25) is 4.79 Å². The third-order valence-electron chi connectivity index (χ3n) is 6.91. The Balaban J connectivity index is 1.48. The van der Waals surface area contributed by atoms with Gasteiger partial charge >= 0.3 is 0 Å². The van der Waals surface area contributed by atoms with E-state index < -0.39 is 0 Å². The van der Waals surface area contributed by atoms with Crippen molar-refractivity contribution in [3.05, 3.63) is 130 Å². The smallest absolute Gasteiger partial charge is 0.275 e. The molecule has 1 atom stereocenters. The lowest BCUT2D eigenvalue weighted by atomic mass is 9.97. The normalized spacial score (nSPS) is 15.1. The number of para-hydroxylation sites is 1. The monoisotopic (exact) mass is 516 g/mol. The van der Waals surface area contributed by atoms with Crippen LogP contribution in [0.5, 0.6) is 0 Å². The van der Waals surface area contributed by atoms with Gasteiger partial charge in [0.05, 0.1) is 28.5 Å². The van der Waals surface area contributed by atoms with Crippen LogP contribution in [0.15, 0.2) is 108 Å². The molecule has 1 aliphatic heterocycles. The zero-order valence-electron chi connectivity index (χ0n) is 20.8. The van der Waals surface area contributed by atoms with Gasteiger partial charge in [-0.15, -0.1) is 0 Å². The van der Waals surface area contributed by atoms with Crippen LogP contribution in [0.2, 0.25) is 5.02 Å². The number of hydrazone groups is 1. The van der Waals surface area contributed by atoms with Gasteiger partial charge in [-0.2, -0.15) is 5.10 Å². The van der Waals surface area contributed by atoms with Crippen LogP contribution in [0, 0.1) is 6.92 Å². The van der Waals surface area contributed by atoms with Gasteiger partial charge in [-0.1, -0.05) is 83.9 Å². The van der Waals surface area contributed by atoms with Crippen molar-refractivity contribution in [2.75, 3.05) is 5.73 Å². The molecule has 38 heavy (non-hydrogen) atoms. The van der Waals surface area contributed by atoms with Crippen LogP contribution in [-0.4, -0.2) is 21.6 Å². The van der Waals surface area contributed by atoms with E-state index in [2.05, 4.69) is 0 Å². The highest BCUT2D eigenvalue weighted by atomic mass is 35.5. The SMILES string of the molecule is Cc1ccc(-c2cc(C(=O)N3N=C(c4ccc(N)cc4)CC3c3ccc(Cl)cc3)c3ccccc3n2)cc1. The summed E-state index contributed by atoms with van der Waals surface area (Å²) in [5, 5.41) is 7.91. The molecular weight excluding hydrogens is 492 g/mol.